The topological polar surface area (TPSA) is 51.2 Å². The lowest BCUT2D eigenvalue weighted by Gasteiger charge is -2.11. The van der Waals surface area contributed by atoms with Crippen molar-refractivity contribution < 1.29 is 9.53 Å². The number of hydrogen-bond donors (Lipinski definition) is 1. The summed E-state index contributed by atoms with van der Waals surface area (Å²) in [4.78, 5) is 19.2. The number of carbonyl (C=O) groups excluding carboxylic acids is 1. The first kappa shape index (κ1) is 20.4. The van der Waals surface area contributed by atoms with Gasteiger partial charge in [0.25, 0.3) is 5.91 Å². The first-order valence-electron chi connectivity index (χ1n) is 9.51. The molecule has 0 saturated carbocycles. The number of anilines is 1. The molecule has 1 fully saturated rings. The van der Waals surface area contributed by atoms with Gasteiger partial charge in [-0.05, 0) is 42.7 Å². The van der Waals surface area contributed by atoms with Crippen LogP contribution in [0.1, 0.15) is 33.6 Å². The van der Waals surface area contributed by atoms with E-state index in [1.165, 1.54) is 11.3 Å². The third kappa shape index (κ3) is 5.60. The molecular weight excluding hydrogens is 424 g/mol. The molecular formula is C22H21ClN2O2S2. The van der Waals surface area contributed by atoms with E-state index in [1.807, 2.05) is 48.5 Å². The van der Waals surface area contributed by atoms with Crippen LogP contribution in [0.4, 0.5) is 5.13 Å². The molecule has 1 saturated heterocycles. The number of benzene rings is 2. The average molecular weight is 445 g/mol. The molecule has 0 bridgehead atoms. The number of hydrogen-bond acceptors (Lipinski definition) is 5. The van der Waals surface area contributed by atoms with Crippen LogP contribution in [0.5, 0.6) is 0 Å². The molecule has 2 aromatic carbocycles. The van der Waals surface area contributed by atoms with Crippen LogP contribution >= 0.6 is 34.7 Å². The number of nitrogens with zero attached hydrogens (tertiary/aromatic N) is 1. The van der Waals surface area contributed by atoms with Gasteiger partial charge in [0.05, 0.1) is 11.7 Å². The van der Waals surface area contributed by atoms with E-state index < -0.39 is 0 Å². The summed E-state index contributed by atoms with van der Waals surface area (Å²) in [6, 6.07) is 15.5. The molecule has 4 rings (SSSR count). The van der Waals surface area contributed by atoms with E-state index >= 15 is 0 Å². The second-order valence-electron chi connectivity index (χ2n) is 6.83. The number of amides is 1. The Bertz CT molecular complexity index is 986. The zero-order valence-electron chi connectivity index (χ0n) is 15.8. The van der Waals surface area contributed by atoms with Gasteiger partial charge in [-0.15, -0.1) is 23.1 Å². The van der Waals surface area contributed by atoms with Gasteiger partial charge in [0.1, 0.15) is 0 Å². The van der Waals surface area contributed by atoms with E-state index in [4.69, 9.17) is 16.3 Å². The third-order valence-electron chi connectivity index (χ3n) is 4.62. The SMILES string of the molecule is O=C(Nc1ncc(Cc2cccc(Cl)c2)s1)c1ccccc1SCC1CCCO1. The van der Waals surface area contributed by atoms with E-state index in [9.17, 15) is 4.79 Å². The molecule has 1 atom stereocenters. The van der Waals surface area contributed by atoms with Crippen LogP contribution < -0.4 is 5.32 Å². The highest BCUT2D eigenvalue weighted by Gasteiger charge is 2.18. The van der Waals surface area contributed by atoms with Gasteiger partial charge in [-0.2, -0.15) is 0 Å². The first-order chi connectivity index (χ1) is 14.2. The van der Waals surface area contributed by atoms with Crippen molar-refractivity contribution in [3.05, 3.63) is 75.8 Å². The minimum atomic E-state index is -0.135. The van der Waals surface area contributed by atoms with E-state index in [1.54, 1.807) is 18.0 Å². The van der Waals surface area contributed by atoms with Crippen LogP contribution in [0.25, 0.3) is 0 Å². The second kappa shape index (κ2) is 9.76. The monoisotopic (exact) mass is 444 g/mol. The molecule has 29 heavy (non-hydrogen) atoms. The number of ether oxygens (including phenoxy) is 1. The second-order valence-corrected chi connectivity index (χ2v) is 9.45. The van der Waals surface area contributed by atoms with Gasteiger partial charge < -0.3 is 4.74 Å². The van der Waals surface area contributed by atoms with Crippen LogP contribution in [0.3, 0.4) is 0 Å². The molecule has 1 aliphatic rings. The predicted octanol–water partition coefficient (Wildman–Crippen LogP) is 5.91. The zero-order chi connectivity index (χ0) is 20.1. The Hall–Kier alpha value is -1.86. The summed E-state index contributed by atoms with van der Waals surface area (Å²) >= 11 is 9.22. The van der Waals surface area contributed by atoms with Crippen molar-refractivity contribution in [2.24, 2.45) is 0 Å². The minimum absolute atomic E-state index is 0.135. The fraction of sp³-hybridized carbons (Fsp3) is 0.273. The minimum Gasteiger partial charge on any atom is -0.377 e. The fourth-order valence-corrected chi connectivity index (χ4v) is 5.37. The third-order valence-corrected chi connectivity index (χ3v) is 6.98. The maximum Gasteiger partial charge on any atom is 0.258 e. The highest BCUT2D eigenvalue weighted by atomic mass is 35.5. The number of aromatic nitrogens is 1. The van der Waals surface area contributed by atoms with E-state index in [2.05, 4.69) is 10.3 Å². The van der Waals surface area contributed by atoms with Crippen molar-refractivity contribution in [1.82, 2.24) is 4.98 Å². The van der Waals surface area contributed by atoms with Gasteiger partial charge in [0.15, 0.2) is 5.13 Å². The van der Waals surface area contributed by atoms with Crippen molar-refractivity contribution in [1.29, 1.82) is 0 Å². The molecule has 4 nitrogen and oxygen atoms in total. The van der Waals surface area contributed by atoms with Crippen LogP contribution in [0, 0.1) is 0 Å². The largest absolute Gasteiger partial charge is 0.377 e. The summed E-state index contributed by atoms with van der Waals surface area (Å²) in [5.41, 5.74) is 1.79. The van der Waals surface area contributed by atoms with Crippen LogP contribution in [0.2, 0.25) is 5.02 Å². The Morgan fingerprint density at radius 3 is 3.00 bits per heavy atom. The van der Waals surface area contributed by atoms with E-state index in [0.29, 0.717) is 10.7 Å². The highest BCUT2D eigenvalue weighted by Crippen LogP contribution is 2.28. The number of thioether (sulfide) groups is 1. The van der Waals surface area contributed by atoms with Crippen molar-refractivity contribution in [2.45, 2.75) is 30.3 Å². The summed E-state index contributed by atoms with van der Waals surface area (Å²) in [5, 5.41) is 4.26. The average Bonchev–Trinajstić information content (AvgIpc) is 3.39. The van der Waals surface area contributed by atoms with Crippen molar-refractivity contribution >= 4 is 45.7 Å². The van der Waals surface area contributed by atoms with Gasteiger partial charge in [-0.25, -0.2) is 4.98 Å². The Balaban J connectivity index is 1.40. The Morgan fingerprint density at radius 2 is 2.17 bits per heavy atom. The van der Waals surface area contributed by atoms with Crippen molar-refractivity contribution in [2.75, 3.05) is 17.7 Å². The van der Waals surface area contributed by atoms with E-state index in [-0.39, 0.29) is 12.0 Å². The number of halogens is 1. The van der Waals surface area contributed by atoms with Crippen LogP contribution in [-0.2, 0) is 11.2 Å². The number of thiazole rings is 1. The summed E-state index contributed by atoms with van der Waals surface area (Å²) in [7, 11) is 0. The Kier molecular flexibility index (Phi) is 6.87. The normalized spacial score (nSPS) is 16.1. The van der Waals surface area contributed by atoms with Crippen LogP contribution in [-0.4, -0.2) is 29.4 Å². The van der Waals surface area contributed by atoms with Gasteiger partial charge >= 0.3 is 0 Å². The fourth-order valence-electron chi connectivity index (χ4n) is 3.20. The molecule has 1 amide bonds. The molecule has 0 spiro atoms. The highest BCUT2D eigenvalue weighted by molar-refractivity contribution is 7.99. The zero-order valence-corrected chi connectivity index (χ0v) is 18.2. The Morgan fingerprint density at radius 1 is 1.28 bits per heavy atom. The molecule has 0 radical (unpaired) electrons. The smallest absolute Gasteiger partial charge is 0.258 e. The molecule has 3 aromatic rings. The molecule has 1 N–H and O–H groups in total. The summed E-state index contributed by atoms with van der Waals surface area (Å²) in [6.45, 7) is 0.842. The van der Waals surface area contributed by atoms with Crippen LogP contribution in [0.15, 0.2) is 59.6 Å². The Labute approximate surface area is 183 Å². The quantitative estimate of drug-likeness (QED) is 0.460. The molecule has 1 aromatic heterocycles. The maximum atomic E-state index is 12.8. The molecule has 2 heterocycles. The van der Waals surface area contributed by atoms with E-state index in [0.717, 1.165) is 52.0 Å². The lowest BCUT2D eigenvalue weighted by atomic mass is 10.1. The summed E-state index contributed by atoms with van der Waals surface area (Å²) < 4.78 is 5.69. The van der Waals surface area contributed by atoms with Crippen molar-refractivity contribution in [3.63, 3.8) is 0 Å². The lowest BCUT2D eigenvalue weighted by Crippen LogP contribution is -2.13. The predicted molar refractivity (Wildman–Crippen MR) is 120 cm³/mol. The lowest BCUT2D eigenvalue weighted by molar-refractivity contribution is 0.102. The van der Waals surface area contributed by atoms with Gasteiger partial charge in [0, 0.05) is 39.8 Å². The van der Waals surface area contributed by atoms with Crippen molar-refractivity contribution in [3.8, 4) is 0 Å². The summed E-state index contributed by atoms with van der Waals surface area (Å²) in [6.07, 6.45) is 5.04. The summed E-state index contributed by atoms with van der Waals surface area (Å²) in [5.74, 6) is 0.731. The maximum absolute atomic E-state index is 12.8. The number of carbonyl (C=O) groups is 1. The molecule has 1 unspecified atom stereocenters. The molecule has 0 aliphatic carbocycles. The number of rotatable bonds is 7. The molecule has 7 heteroatoms. The molecule has 1 aliphatic heterocycles. The van der Waals surface area contributed by atoms with Gasteiger partial charge in [-0.1, -0.05) is 35.9 Å². The first-order valence-corrected chi connectivity index (χ1v) is 11.7. The van der Waals surface area contributed by atoms with Gasteiger partial charge in [-0.3, -0.25) is 10.1 Å². The number of nitrogens with one attached hydrogen (secondary N) is 1. The van der Waals surface area contributed by atoms with Gasteiger partial charge in [0.2, 0.25) is 0 Å². The molecule has 150 valence electrons. The standard InChI is InChI=1S/C22H21ClN2O2S2/c23-16-6-3-5-15(11-16)12-18-13-24-22(29-18)25-21(26)19-8-1-2-9-20(19)28-14-17-7-4-10-27-17/h1-3,5-6,8-9,11,13,17H,4,7,10,12,14H2,(H,24,25,26).